The largest absolute Gasteiger partial charge is 0.489 e. The van der Waals surface area contributed by atoms with Crippen LogP contribution in [0.25, 0.3) is 0 Å². The molecule has 0 spiro atoms. The maximum atomic E-state index is 12.4. The minimum Gasteiger partial charge on any atom is -0.489 e. The lowest BCUT2D eigenvalue weighted by Crippen LogP contribution is -2.45. The number of carbonyl (C=O) groups is 2. The number of amides is 2. The summed E-state index contributed by atoms with van der Waals surface area (Å²) in [7, 11) is 1.33. The van der Waals surface area contributed by atoms with Gasteiger partial charge in [-0.15, -0.1) is 0 Å². The van der Waals surface area contributed by atoms with Crippen molar-refractivity contribution in [3.63, 3.8) is 0 Å². The maximum absolute atomic E-state index is 12.4. The first-order chi connectivity index (χ1) is 12.4. The normalized spacial score (nSPS) is 17.0. The number of unbranched alkanes of at least 4 members (excludes halogenated alkanes) is 1. The standard InChI is InChI=1S/C19H25ClN2O4/c1-5-6-7-14-16(18(23)25-4)17(22-19(24)21-14)12-8-9-15(13(20)10-12)26-11(2)3/h8-11,17H,5-7H2,1-4H3,(H2,21,22,24). The Morgan fingerprint density at radius 3 is 2.65 bits per heavy atom. The van der Waals surface area contributed by atoms with Gasteiger partial charge in [0.05, 0.1) is 29.9 Å². The molecule has 0 aliphatic carbocycles. The summed E-state index contributed by atoms with van der Waals surface area (Å²) in [6.45, 7) is 5.87. The van der Waals surface area contributed by atoms with Crippen LogP contribution in [0.1, 0.15) is 51.6 Å². The fourth-order valence-corrected chi connectivity index (χ4v) is 3.05. The van der Waals surface area contributed by atoms with Gasteiger partial charge in [-0.1, -0.05) is 31.0 Å². The number of urea groups is 1. The Balaban J connectivity index is 2.45. The highest BCUT2D eigenvalue weighted by molar-refractivity contribution is 6.32. The van der Waals surface area contributed by atoms with Gasteiger partial charge in [0.1, 0.15) is 5.75 Å². The minimum absolute atomic E-state index is 0.0110. The van der Waals surface area contributed by atoms with Gasteiger partial charge in [-0.05, 0) is 44.4 Å². The second-order valence-corrected chi connectivity index (χ2v) is 6.78. The molecule has 0 saturated carbocycles. The number of carbonyl (C=O) groups excluding carboxylic acids is 2. The van der Waals surface area contributed by atoms with Crippen LogP contribution in [0.4, 0.5) is 4.79 Å². The van der Waals surface area contributed by atoms with Crippen LogP contribution < -0.4 is 15.4 Å². The van der Waals surface area contributed by atoms with Crippen molar-refractivity contribution in [1.82, 2.24) is 10.6 Å². The summed E-state index contributed by atoms with van der Waals surface area (Å²) in [5.74, 6) is 0.0766. The Morgan fingerprint density at radius 2 is 2.08 bits per heavy atom. The van der Waals surface area contributed by atoms with E-state index in [-0.39, 0.29) is 12.1 Å². The molecule has 0 radical (unpaired) electrons. The average molecular weight is 381 g/mol. The summed E-state index contributed by atoms with van der Waals surface area (Å²) in [5, 5.41) is 5.94. The van der Waals surface area contributed by atoms with Crippen molar-refractivity contribution in [2.45, 2.75) is 52.2 Å². The quantitative estimate of drug-likeness (QED) is 0.698. The van der Waals surface area contributed by atoms with Crippen LogP contribution in [0.5, 0.6) is 5.75 Å². The molecular weight excluding hydrogens is 356 g/mol. The van der Waals surface area contributed by atoms with Gasteiger partial charge in [0.2, 0.25) is 0 Å². The molecule has 1 aromatic carbocycles. The zero-order valence-corrected chi connectivity index (χ0v) is 16.3. The van der Waals surface area contributed by atoms with E-state index in [1.165, 1.54) is 7.11 Å². The van der Waals surface area contributed by atoms with Crippen molar-refractivity contribution in [3.05, 3.63) is 40.1 Å². The Hall–Kier alpha value is -2.21. The molecule has 2 rings (SSSR count). The molecule has 142 valence electrons. The second kappa shape index (κ2) is 8.94. The second-order valence-electron chi connectivity index (χ2n) is 6.38. The predicted octanol–water partition coefficient (Wildman–Crippen LogP) is 4.10. The molecule has 7 heteroatoms. The lowest BCUT2D eigenvalue weighted by molar-refractivity contribution is -0.136. The first kappa shape index (κ1) is 20.1. The molecule has 1 atom stereocenters. The Labute approximate surface area is 158 Å². The zero-order chi connectivity index (χ0) is 19.3. The van der Waals surface area contributed by atoms with Crippen molar-refractivity contribution in [2.75, 3.05) is 7.11 Å². The molecule has 1 aromatic rings. The molecule has 0 bridgehead atoms. The van der Waals surface area contributed by atoms with Crippen molar-refractivity contribution < 1.29 is 19.1 Å². The van der Waals surface area contributed by atoms with Crippen LogP contribution in [0.15, 0.2) is 29.5 Å². The topological polar surface area (TPSA) is 76.7 Å². The van der Waals surface area contributed by atoms with Crippen molar-refractivity contribution in [2.24, 2.45) is 0 Å². The summed E-state index contributed by atoms with van der Waals surface area (Å²) in [6.07, 6.45) is 2.37. The number of hydrogen-bond acceptors (Lipinski definition) is 4. The molecule has 6 nitrogen and oxygen atoms in total. The summed E-state index contributed by atoms with van der Waals surface area (Å²) in [6, 6.07) is 4.25. The SMILES string of the molecule is CCCCC1=C(C(=O)OC)C(c2ccc(OC(C)C)c(Cl)c2)NC(=O)N1. The Kier molecular flexibility index (Phi) is 6.91. The molecule has 2 amide bonds. The smallest absolute Gasteiger partial charge is 0.337 e. The highest BCUT2D eigenvalue weighted by atomic mass is 35.5. The van der Waals surface area contributed by atoms with Gasteiger partial charge in [-0.2, -0.15) is 0 Å². The third-order valence-corrected chi connectivity index (χ3v) is 4.29. The van der Waals surface area contributed by atoms with E-state index in [0.29, 0.717) is 34.0 Å². The molecule has 1 heterocycles. The molecular formula is C19H25ClN2O4. The number of allylic oxidation sites excluding steroid dienone is 1. The van der Waals surface area contributed by atoms with Crippen LogP contribution in [0.2, 0.25) is 5.02 Å². The van der Waals surface area contributed by atoms with Gasteiger partial charge in [-0.3, -0.25) is 0 Å². The van der Waals surface area contributed by atoms with Crippen LogP contribution in [-0.2, 0) is 9.53 Å². The van der Waals surface area contributed by atoms with E-state index < -0.39 is 12.0 Å². The monoisotopic (exact) mass is 380 g/mol. The van der Waals surface area contributed by atoms with Crippen LogP contribution >= 0.6 is 11.6 Å². The number of benzene rings is 1. The van der Waals surface area contributed by atoms with Gasteiger partial charge >= 0.3 is 12.0 Å². The number of hydrogen-bond donors (Lipinski definition) is 2. The number of esters is 1. The molecule has 0 fully saturated rings. The van der Waals surface area contributed by atoms with Gasteiger partial charge in [-0.25, -0.2) is 9.59 Å². The third-order valence-electron chi connectivity index (χ3n) is 3.99. The molecule has 0 aromatic heterocycles. The molecule has 2 N–H and O–H groups in total. The predicted molar refractivity (Wildman–Crippen MR) is 100 cm³/mol. The molecule has 1 unspecified atom stereocenters. The fraction of sp³-hybridized carbons (Fsp3) is 0.474. The van der Waals surface area contributed by atoms with Crippen LogP contribution in [0.3, 0.4) is 0 Å². The van der Waals surface area contributed by atoms with E-state index in [0.717, 1.165) is 12.8 Å². The number of methoxy groups -OCH3 is 1. The molecule has 26 heavy (non-hydrogen) atoms. The lowest BCUT2D eigenvalue weighted by Gasteiger charge is -2.29. The van der Waals surface area contributed by atoms with Gasteiger partial charge in [0, 0.05) is 5.70 Å². The molecule has 1 aliphatic heterocycles. The lowest BCUT2D eigenvalue weighted by atomic mass is 9.93. The first-order valence-corrected chi connectivity index (χ1v) is 9.10. The van der Waals surface area contributed by atoms with E-state index in [9.17, 15) is 9.59 Å². The van der Waals surface area contributed by atoms with Crippen LogP contribution in [-0.4, -0.2) is 25.2 Å². The van der Waals surface area contributed by atoms with Gasteiger partial charge in [0.15, 0.2) is 0 Å². The van der Waals surface area contributed by atoms with Crippen molar-refractivity contribution in [3.8, 4) is 5.75 Å². The number of rotatable bonds is 7. The summed E-state index contributed by atoms with van der Waals surface area (Å²) >= 11 is 6.32. The average Bonchev–Trinajstić information content (AvgIpc) is 2.60. The molecule has 1 aliphatic rings. The van der Waals surface area contributed by atoms with Crippen LogP contribution in [0, 0.1) is 0 Å². The summed E-state index contributed by atoms with van der Waals surface area (Å²) < 4.78 is 10.6. The van der Waals surface area contributed by atoms with Gasteiger partial charge in [0.25, 0.3) is 0 Å². The summed E-state index contributed by atoms with van der Waals surface area (Å²) in [4.78, 5) is 24.5. The number of nitrogens with one attached hydrogen (secondary N) is 2. The van der Waals surface area contributed by atoms with E-state index in [1.807, 2.05) is 20.8 Å². The minimum atomic E-state index is -0.631. The zero-order valence-electron chi connectivity index (χ0n) is 15.5. The Bertz CT molecular complexity index is 715. The van der Waals surface area contributed by atoms with Crippen molar-refractivity contribution >= 4 is 23.6 Å². The van der Waals surface area contributed by atoms with Gasteiger partial charge < -0.3 is 20.1 Å². The number of ether oxygens (including phenoxy) is 2. The third kappa shape index (κ3) is 4.69. The summed E-state index contributed by atoms with van der Waals surface area (Å²) in [5.41, 5.74) is 1.68. The Morgan fingerprint density at radius 1 is 1.35 bits per heavy atom. The number of halogens is 1. The highest BCUT2D eigenvalue weighted by Crippen LogP contribution is 2.34. The van der Waals surface area contributed by atoms with E-state index in [4.69, 9.17) is 21.1 Å². The molecule has 0 saturated heterocycles. The van der Waals surface area contributed by atoms with E-state index in [2.05, 4.69) is 10.6 Å². The fourth-order valence-electron chi connectivity index (χ4n) is 2.82. The maximum Gasteiger partial charge on any atom is 0.337 e. The first-order valence-electron chi connectivity index (χ1n) is 8.72. The van der Waals surface area contributed by atoms with E-state index >= 15 is 0 Å². The van der Waals surface area contributed by atoms with E-state index in [1.54, 1.807) is 18.2 Å². The van der Waals surface area contributed by atoms with Crippen molar-refractivity contribution in [1.29, 1.82) is 0 Å². The highest BCUT2D eigenvalue weighted by Gasteiger charge is 2.33.